The van der Waals surface area contributed by atoms with Gasteiger partial charge in [0.2, 0.25) is 5.91 Å². The van der Waals surface area contributed by atoms with E-state index in [0.717, 1.165) is 37.2 Å². The molecule has 170 valence electrons. The Kier molecular flexibility index (Phi) is 7.42. The highest BCUT2D eigenvalue weighted by atomic mass is 35.5. The number of urea groups is 1. The van der Waals surface area contributed by atoms with Crippen LogP contribution in [0.15, 0.2) is 79.1 Å². The molecule has 1 aliphatic heterocycles. The third-order valence-corrected chi connectivity index (χ3v) is 5.89. The summed E-state index contributed by atoms with van der Waals surface area (Å²) in [6, 6.07) is 18.8. The van der Waals surface area contributed by atoms with Crippen LogP contribution in [0.1, 0.15) is 24.4 Å². The molecule has 0 radical (unpaired) electrons. The number of pyridine rings is 1. The van der Waals surface area contributed by atoms with Crippen molar-refractivity contribution in [3.8, 4) is 0 Å². The maximum absolute atomic E-state index is 13.2. The Morgan fingerprint density at radius 3 is 2.27 bits per heavy atom. The lowest BCUT2D eigenvalue weighted by molar-refractivity contribution is -0.123. The highest BCUT2D eigenvalue weighted by molar-refractivity contribution is 6.30. The zero-order valence-electron chi connectivity index (χ0n) is 18.1. The number of aromatic nitrogens is 1. The van der Waals surface area contributed by atoms with E-state index in [0.29, 0.717) is 10.7 Å². The SMILES string of the molecule is O=C(Nc1ccc(Cl)cc1)NC(C(=O)NC1CCN(c2ccncc2)CC1)c1ccccc1. The van der Waals surface area contributed by atoms with E-state index in [1.165, 1.54) is 0 Å². The van der Waals surface area contributed by atoms with Crippen molar-refractivity contribution < 1.29 is 9.59 Å². The van der Waals surface area contributed by atoms with Crippen molar-refractivity contribution in [2.45, 2.75) is 24.9 Å². The lowest BCUT2D eigenvalue weighted by Crippen LogP contribution is -2.49. The summed E-state index contributed by atoms with van der Waals surface area (Å²) in [6.45, 7) is 1.69. The van der Waals surface area contributed by atoms with Gasteiger partial charge in [-0.3, -0.25) is 9.78 Å². The summed E-state index contributed by atoms with van der Waals surface area (Å²) in [5.41, 5.74) is 2.44. The van der Waals surface area contributed by atoms with Gasteiger partial charge < -0.3 is 20.9 Å². The fourth-order valence-corrected chi connectivity index (χ4v) is 4.02. The number of benzene rings is 2. The molecular weight excluding hydrogens is 438 g/mol. The number of nitrogens with one attached hydrogen (secondary N) is 3. The van der Waals surface area contributed by atoms with Gasteiger partial charge in [0.15, 0.2) is 0 Å². The molecule has 3 N–H and O–H groups in total. The Labute approximate surface area is 198 Å². The third-order valence-electron chi connectivity index (χ3n) is 5.64. The number of halogens is 1. The Hall–Kier alpha value is -3.58. The molecule has 0 aliphatic carbocycles. The summed E-state index contributed by atoms with van der Waals surface area (Å²) >= 11 is 5.90. The van der Waals surface area contributed by atoms with Gasteiger partial charge in [0.1, 0.15) is 6.04 Å². The molecule has 0 saturated carbocycles. The van der Waals surface area contributed by atoms with Gasteiger partial charge in [0.25, 0.3) is 0 Å². The number of hydrogen-bond donors (Lipinski definition) is 3. The zero-order valence-corrected chi connectivity index (χ0v) is 18.8. The molecule has 0 bridgehead atoms. The van der Waals surface area contributed by atoms with E-state index in [-0.39, 0.29) is 11.9 Å². The van der Waals surface area contributed by atoms with Crippen molar-refractivity contribution in [1.29, 1.82) is 0 Å². The van der Waals surface area contributed by atoms with Crippen molar-refractivity contribution in [3.05, 3.63) is 89.7 Å². The number of rotatable bonds is 6. The monoisotopic (exact) mass is 463 g/mol. The highest BCUT2D eigenvalue weighted by Gasteiger charge is 2.27. The van der Waals surface area contributed by atoms with Crippen LogP contribution in [0.25, 0.3) is 0 Å². The predicted octanol–water partition coefficient (Wildman–Crippen LogP) is 4.38. The van der Waals surface area contributed by atoms with Crippen molar-refractivity contribution >= 4 is 34.9 Å². The second-order valence-electron chi connectivity index (χ2n) is 7.92. The van der Waals surface area contributed by atoms with Gasteiger partial charge in [-0.1, -0.05) is 41.9 Å². The normalized spacial score (nSPS) is 14.9. The standard InChI is InChI=1S/C25H26ClN5O2/c26-19-6-8-20(9-7-19)29-25(33)30-23(18-4-2-1-3-5-18)24(32)28-21-12-16-31(17-13-21)22-10-14-27-15-11-22/h1-11,14-15,21,23H,12-13,16-17H2,(H,28,32)(H2,29,30,33). The molecule has 3 aromatic rings. The van der Waals surface area contributed by atoms with Crippen molar-refractivity contribution in [1.82, 2.24) is 15.6 Å². The molecule has 1 saturated heterocycles. The van der Waals surface area contributed by atoms with E-state index in [9.17, 15) is 9.59 Å². The van der Waals surface area contributed by atoms with E-state index in [1.54, 1.807) is 36.7 Å². The summed E-state index contributed by atoms with van der Waals surface area (Å²) < 4.78 is 0. The van der Waals surface area contributed by atoms with E-state index in [4.69, 9.17) is 11.6 Å². The number of amides is 3. The minimum absolute atomic E-state index is 0.0444. The van der Waals surface area contributed by atoms with E-state index < -0.39 is 12.1 Å². The molecule has 33 heavy (non-hydrogen) atoms. The predicted molar refractivity (Wildman–Crippen MR) is 130 cm³/mol. The Balaban J connectivity index is 1.38. The number of piperidine rings is 1. The van der Waals surface area contributed by atoms with Crippen LogP contribution in [-0.2, 0) is 4.79 Å². The van der Waals surface area contributed by atoms with E-state index in [2.05, 4.69) is 25.8 Å². The van der Waals surface area contributed by atoms with Crippen LogP contribution >= 0.6 is 11.6 Å². The van der Waals surface area contributed by atoms with E-state index >= 15 is 0 Å². The first-order valence-corrected chi connectivity index (χ1v) is 11.3. The lowest BCUT2D eigenvalue weighted by Gasteiger charge is -2.34. The maximum Gasteiger partial charge on any atom is 0.320 e. The molecule has 1 fully saturated rings. The summed E-state index contributed by atoms with van der Waals surface area (Å²) in [5.74, 6) is -0.227. The summed E-state index contributed by atoms with van der Waals surface area (Å²) in [4.78, 5) is 32.2. The molecular formula is C25H26ClN5O2. The second kappa shape index (κ2) is 10.8. The molecule has 4 rings (SSSR count). The fraction of sp³-hybridized carbons (Fsp3) is 0.240. The lowest BCUT2D eigenvalue weighted by atomic mass is 10.0. The first-order valence-electron chi connectivity index (χ1n) is 10.9. The Bertz CT molecular complexity index is 1060. The number of anilines is 2. The number of carbonyl (C=O) groups excluding carboxylic acids is 2. The third kappa shape index (κ3) is 6.23. The quantitative estimate of drug-likeness (QED) is 0.506. The van der Waals surface area contributed by atoms with Crippen molar-refractivity contribution in [3.63, 3.8) is 0 Å². The van der Waals surface area contributed by atoms with Crippen LogP contribution < -0.4 is 20.9 Å². The fourth-order valence-electron chi connectivity index (χ4n) is 3.90. The second-order valence-corrected chi connectivity index (χ2v) is 8.36. The van der Waals surface area contributed by atoms with Crippen LogP contribution in [0.2, 0.25) is 5.02 Å². The van der Waals surface area contributed by atoms with Gasteiger partial charge in [0.05, 0.1) is 0 Å². The smallest absolute Gasteiger partial charge is 0.320 e. The van der Waals surface area contributed by atoms with Gasteiger partial charge in [-0.15, -0.1) is 0 Å². The Morgan fingerprint density at radius 1 is 0.939 bits per heavy atom. The minimum atomic E-state index is -0.809. The van der Waals surface area contributed by atoms with E-state index in [1.807, 2.05) is 42.5 Å². The molecule has 1 unspecified atom stereocenters. The number of nitrogens with zero attached hydrogens (tertiary/aromatic N) is 2. The van der Waals surface area contributed by atoms with Gasteiger partial charge in [-0.25, -0.2) is 4.79 Å². The van der Waals surface area contributed by atoms with Gasteiger partial charge in [0, 0.05) is 47.9 Å². The van der Waals surface area contributed by atoms with Crippen molar-refractivity contribution in [2.24, 2.45) is 0 Å². The zero-order chi connectivity index (χ0) is 23.0. The molecule has 3 amide bonds. The molecule has 1 aromatic heterocycles. The van der Waals surface area contributed by atoms with Crippen molar-refractivity contribution in [2.75, 3.05) is 23.3 Å². The Morgan fingerprint density at radius 2 is 1.61 bits per heavy atom. The van der Waals surface area contributed by atoms with Gasteiger partial charge >= 0.3 is 6.03 Å². The maximum atomic E-state index is 13.2. The van der Waals surface area contributed by atoms with Crippen LogP contribution in [-0.4, -0.2) is 36.1 Å². The number of carbonyl (C=O) groups is 2. The average Bonchev–Trinajstić information content (AvgIpc) is 2.85. The first kappa shape index (κ1) is 22.6. The van der Waals surface area contributed by atoms with Crippen LogP contribution in [0, 0.1) is 0 Å². The van der Waals surface area contributed by atoms with Gasteiger partial charge in [-0.2, -0.15) is 0 Å². The molecule has 0 spiro atoms. The minimum Gasteiger partial charge on any atom is -0.371 e. The summed E-state index contributed by atoms with van der Waals surface area (Å²) in [5, 5.41) is 9.27. The molecule has 1 atom stereocenters. The molecule has 1 aliphatic rings. The van der Waals surface area contributed by atoms with Crippen LogP contribution in [0.4, 0.5) is 16.2 Å². The first-order chi connectivity index (χ1) is 16.1. The van der Waals surface area contributed by atoms with Crippen LogP contribution in [0.5, 0.6) is 0 Å². The summed E-state index contributed by atoms with van der Waals surface area (Å²) in [6.07, 6.45) is 5.22. The van der Waals surface area contributed by atoms with Gasteiger partial charge in [-0.05, 0) is 54.8 Å². The number of hydrogen-bond acceptors (Lipinski definition) is 4. The average molecular weight is 464 g/mol. The molecule has 8 heteroatoms. The molecule has 2 heterocycles. The molecule has 7 nitrogen and oxygen atoms in total. The summed E-state index contributed by atoms with van der Waals surface area (Å²) in [7, 11) is 0. The highest BCUT2D eigenvalue weighted by Crippen LogP contribution is 2.20. The molecule has 2 aromatic carbocycles. The largest absolute Gasteiger partial charge is 0.371 e. The van der Waals surface area contributed by atoms with Crippen LogP contribution in [0.3, 0.4) is 0 Å². The topological polar surface area (TPSA) is 86.4 Å².